The number of aliphatic carboxylic acids is 1. The van der Waals surface area contributed by atoms with Crippen molar-refractivity contribution in [3.63, 3.8) is 0 Å². The van der Waals surface area contributed by atoms with Crippen molar-refractivity contribution in [3.05, 3.63) is 0 Å². The molecular formula is C2H4BFNaO4-. The Bertz CT molecular complexity index is 62.8. The van der Waals surface area contributed by atoms with Gasteiger partial charge in [-0.15, -0.1) is 0 Å². The van der Waals surface area contributed by atoms with Crippen LogP contribution in [0.15, 0.2) is 0 Å². The van der Waals surface area contributed by atoms with Crippen LogP contribution < -0.4 is 39.6 Å². The molecule has 0 fully saturated rings. The minimum Gasteiger partial charge on any atom is -0.867 e. The van der Waals surface area contributed by atoms with Crippen molar-refractivity contribution >= 4 is 13.4 Å². The maximum atomic E-state index is 9.89. The molecule has 9 heavy (non-hydrogen) atoms. The van der Waals surface area contributed by atoms with Gasteiger partial charge in [-0.05, 0) is 0 Å². The van der Waals surface area contributed by atoms with E-state index in [4.69, 9.17) is 19.9 Å². The van der Waals surface area contributed by atoms with Gasteiger partial charge < -0.3 is 19.5 Å². The molecule has 0 aliphatic rings. The maximum Gasteiger partial charge on any atom is 1.00 e. The SMILES string of the molecule is CC(=O)O.[Na+].[O-]B([O-])F. The van der Waals surface area contributed by atoms with Gasteiger partial charge in [0.15, 0.2) is 0 Å². The van der Waals surface area contributed by atoms with Crippen LogP contribution in [-0.4, -0.2) is 18.5 Å². The molecule has 0 aliphatic carbocycles. The van der Waals surface area contributed by atoms with E-state index in [-0.39, 0.29) is 29.6 Å². The Morgan fingerprint density at radius 2 is 1.67 bits per heavy atom. The van der Waals surface area contributed by atoms with Crippen molar-refractivity contribution in [3.8, 4) is 0 Å². The molecule has 0 heterocycles. The van der Waals surface area contributed by atoms with Gasteiger partial charge in [-0.3, -0.25) is 4.79 Å². The van der Waals surface area contributed by atoms with Crippen molar-refractivity contribution in [2.24, 2.45) is 0 Å². The van der Waals surface area contributed by atoms with Gasteiger partial charge in [-0.2, -0.15) is 0 Å². The number of halogens is 1. The fraction of sp³-hybridized carbons (Fsp3) is 0.500. The van der Waals surface area contributed by atoms with Gasteiger partial charge in [0.2, 0.25) is 0 Å². The normalized spacial score (nSPS) is 5.78. The number of rotatable bonds is 0. The van der Waals surface area contributed by atoms with E-state index >= 15 is 0 Å². The number of carbonyl (C=O) groups is 1. The summed E-state index contributed by atoms with van der Waals surface area (Å²) in [4.78, 5) is 9.00. The van der Waals surface area contributed by atoms with Crippen LogP contribution in [0.2, 0.25) is 0 Å². The molecule has 0 unspecified atom stereocenters. The number of hydrogen-bond donors (Lipinski definition) is 1. The van der Waals surface area contributed by atoms with E-state index in [0.29, 0.717) is 0 Å². The monoisotopic (exact) mass is 145 g/mol. The van der Waals surface area contributed by atoms with E-state index in [9.17, 15) is 4.32 Å². The largest absolute Gasteiger partial charge is 1.00 e. The van der Waals surface area contributed by atoms with Gasteiger partial charge in [-0.1, -0.05) is 0 Å². The van der Waals surface area contributed by atoms with Crippen LogP contribution in [0.4, 0.5) is 4.32 Å². The van der Waals surface area contributed by atoms with Crippen LogP contribution in [0, 0.1) is 0 Å². The molecule has 48 valence electrons. The van der Waals surface area contributed by atoms with Crippen LogP contribution in [-0.2, 0) is 4.79 Å². The predicted molar refractivity (Wildman–Crippen MR) is 20.2 cm³/mol. The molecule has 0 amide bonds. The molecule has 0 bridgehead atoms. The number of carboxylic acid groups (broad SMARTS) is 1. The zero-order valence-corrected chi connectivity index (χ0v) is 7.13. The summed E-state index contributed by atoms with van der Waals surface area (Å²) in [5.74, 6) is -0.833. The average Bonchev–Trinajstić information content (AvgIpc) is 1.25. The van der Waals surface area contributed by atoms with Crippen LogP contribution in [0.3, 0.4) is 0 Å². The summed E-state index contributed by atoms with van der Waals surface area (Å²) in [6, 6.07) is 0. The molecular weight excluding hydrogens is 141 g/mol. The molecule has 0 spiro atoms. The van der Waals surface area contributed by atoms with E-state index in [2.05, 4.69) is 0 Å². The van der Waals surface area contributed by atoms with Gasteiger partial charge in [0, 0.05) is 6.92 Å². The second-order valence-electron chi connectivity index (χ2n) is 0.793. The third-order valence-corrected chi connectivity index (χ3v) is 0. The summed E-state index contributed by atoms with van der Waals surface area (Å²) in [5.41, 5.74) is 0. The van der Waals surface area contributed by atoms with Gasteiger partial charge >= 0.3 is 29.6 Å². The standard InChI is InChI=1S/C2H4O2.BFO2.Na/c1-2(3)4;2-1(3)4;/h1H3,(H,3,4);;/q;-2;+1. The first-order chi connectivity index (χ1) is 3.46. The molecule has 0 atom stereocenters. The molecule has 0 radical (unpaired) electrons. The van der Waals surface area contributed by atoms with Crippen LogP contribution in [0.5, 0.6) is 0 Å². The van der Waals surface area contributed by atoms with E-state index in [1.165, 1.54) is 0 Å². The molecule has 0 rings (SSSR count). The molecule has 0 aromatic heterocycles. The van der Waals surface area contributed by atoms with Crippen molar-refractivity contribution in [2.45, 2.75) is 6.92 Å². The van der Waals surface area contributed by atoms with E-state index in [1.807, 2.05) is 0 Å². The van der Waals surface area contributed by atoms with Crippen molar-refractivity contribution in [1.82, 2.24) is 0 Å². The molecule has 1 N–H and O–H groups in total. The van der Waals surface area contributed by atoms with Crippen molar-refractivity contribution in [2.75, 3.05) is 0 Å². The first-order valence-corrected chi connectivity index (χ1v) is 1.62. The zero-order valence-electron chi connectivity index (χ0n) is 5.13. The molecule has 7 heteroatoms. The minimum absolute atomic E-state index is 0. The second kappa shape index (κ2) is 11.2. The minimum atomic E-state index is -3.17. The Morgan fingerprint density at radius 1 is 1.67 bits per heavy atom. The zero-order chi connectivity index (χ0) is 7.15. The molecule has 4 nitrogen and oxygen atoms in total. The van der Waals surface area contributed by atoms with Crippen molar-refractivity contribution in [1.29, 1.82) is 0 Å². The molecule has 0 aromatic rings. The van der Waals surface area contributed by atoms with Gasteiger partial charge in [-0.25, -0.2) is 0 Å². The van der Waals surface area contributed by atoms with E-state index in [0.717, 1.165) is 6.92 Å². The summed E-state index contributed by atoms with van der Waals surface area (Å²) < 4.78 is 9.89. The van der Waals surface area contributed by atoms with Crippen LogP contribution in [0.1, 0.15) is 6.92 Å². The number of carboxylic acids is 1. The third-order valence-electron chi connectivity index (χ3n) is 0. The Hall–Kier alpha value is 0.385. The predicted octanol–water partition coefficient (Wildman–Crippen LogP) is -5.24. The fourth-order valence-corrected chi connectivity index (χ4v) is 0. The molecule has 0 aromatic carbocycles. The van der Waals surface area contributed by atoms with Gasteiger partial charge in [0.25, 0.3) is 5.97 Å². The second-order valence-corrected chi connectivity index (χ2v) is 0.793. The molecule has 0 saturated heterocycles. The fourth-order valence-electron chi connectivity index (χ4n) is 0. The molecule has 0 saturated carbocycles. The summed E-state index contributed by atoms with van der Waals surface area (Å²) in [5, 5.41) is 24.0. The topological polar surface area (TPSA) is 83.4 Å². The van der Waals surface area contributed by atoms with E-state index in [1.54, 1.807) is 0 Å². The quantitative estimate of drug-likeness (QED) is 0.345. The Balaban J connectivity index is -0.0000000720. The van der Waals surface area contributed by atoms with Crippen molar-refractivity contribution < 1.29 is 53.8 Å². The van der Waals surface area contributed by atoms with Crippen LogP contribution in [0.25, 0.3) is 0 Å². The summed E-state index contributed by atoms with van der Waals surface area (Å²) in [6.07, 6.45) is 0. The van der Waals surface area contributed by atoms with Gasteiger partial charge in [0.05, 0.1) is 0 Å². The maximum absolute atomic E-state index is 9.89. The van der Waals surface area contributed by atoms with E-state index < -0.39 is 13.4 Å². The summed E-state index contributed by atoms with van der Waals surface area (Å²) in [6.45, 7) is 1.08. The van der Waals surface area contributed by atoms with Gasteiger partial charge in [0.1, 0.15) is 7.40 Å². The van der Waals surface area contributed by atoms with Crippen LogP contribution >= 0.6 is 0 Å². The Kier molecular flexibility index (Phi) is 20.2. The first-order valence-electron chi connectivity index (χ1n) is 1.62. The average molecular weight is 145 g/mol. The Morgan fingerprint density at radius 3 is 1.67 bits per heavy atom. The summed E-state index contributed by atoms with van der Waals surface area (Å²) in [7, 11) is -3.17. The Labute approximate surface area is 74.2 Å². The third kappa shape index (κ3) is 2310. The summed E-state index contributed by atoms with van der Waals surface area (Å²) >= 11 is 0. The first kappa shape index (κ1) is 16.2. The number of hydrogen-bond acceptors (Lipinski definition) is 3. The molecule has 0 aliphatic heterocycles. The smallest absolute Gasteiger partial charge is 0.867 e.